The van der Waals surface area contributed by atoms with Crippen molar-refractivity contribution in [3.05, 3.63) is 0 Å². The van der Waals surface area contributed by atoms with E-state index in [2.05, 4.69) is 20.3 Å². The summed E-state index contributed by atoms with van der Waals surface area (Å²) in [5.41, 5.74) is 0. The van der Waals surface area contributed by atoms with Crippen molar-refractivity contribution >= 4 is 17.7 Å². The highest BCUT2D eigenvalue weighted by molar-refractivity contribution is 7.99. The second kappa shape index (κ2) is 8.01. The second-order valence-corrected chi connectivity index (χ2v) is 4.28. The van der Waals surface area contributed by atoms with Crippen molar-refractivity contribution in [2.75, 3.05) is 27.1 Å². The molecular weight excluding hydrogens is 260 g/mol. The minimum atomic E-state index is -0.409. The van der Waals surface area contributed by atoms with Crippen LogP contribution in [0.5, 0.6) is 0 Å². The van der Waals surface area contributed by atoms with Gasteiger partial charge in [-0.3, -0.25) is 4.79 Å². The average Bonchev–Trinajstić information content (AvgIpc) is 2.83. The topological polar surface area (TPSA) is 88.4 Å². The molecule has 18 heavy (non-hydrogen) atoms. The number of ether oxygens (including phenoxy) is 3. The molecule has 0 aliphatic carbocycles. The number of hydrogen-bond acceptors (Lipinski definition) is 8. The van der Waals surface area contributed by atoms with Gasteiger partial charge in [-0.2, -0.15) is 0 Å². The zero-order valence-corrected chi connectivity index (χ0v) is 11.3. The number of carbonyl (C=O) groups is 1. The number of hydrogen-bond donors (Lipinski definition) is 0. The largest absolute Gasteiger partial charge is 0.469 e. The molecule has 0 unspecified atom stereocenters. The lowest BCUT2D eigenvalue weighted by atomic mass is 10.5. The summed E-state index contributed by atoms with van der Waals surface area (Å²) in [6.07, 6.45) is -0.0973. The van der Waals surface area contributed by atoms with Gasteiger partial charge in [0.15, 0.2) is 6.29 Å². The maximum absolute atomic E-state index is 11.0. The Labute approximate surface area is 109 Å². The van der Waals surface area contributed by atoms with Crippen LogP contribution in [0.15, 0.2) is 5.16 Å². The predicted octanol–water partition coefficient (Wildman–Crippen LogP) is -0.0528. The Hall–Kier alpha value is -1.19. The molecule has 0 bridgehead atoms. The van der Waals surface area contributed by atoms with Crippen molar-refractivity contribution in [2.45, 2.75) is 24.4 Å². The Morgan fingerprint density at radius 1 is 1.39 bits per heavy atom. The van der Waals surface area contributed by atoms with Gasteiger partial charge in [0.25, 0.3) is 0 Å². The van der Waals surface area contributed by atoms with Crippen LogP contribution in [-0.2, 0) is 25.5 Å². The van der Waals surface area contributed by atoms with Crippen LogP contribution in [0.2, 0.25) is 0 Å². The lowest BCUT2D eigenvalue weighted by molar-refractivity contribution is -0.140. The van der Waals surface area contributed by atoms with Gasteiger partial charge in [-0.25, -0.2) is 4.68 Å². The number of rotatable bonds is 8. The van der Waals surface area contributed by atoms with E-state index in [1.165, 1.54) is 18.9 Å². The molecular formula is C9H16N4O4S. The number of nitrogens with zero attached hydrogens (tertiary/aromatic N) is 4. The average molecular weight is 276 g/mol. The third-order valence-corrected chi connectivity index (χ3v) is 3.07. The zero-order chi connectivity index (χ0) is 13.4. The zero-order valence-electron chi connectivity index (χ0n) is 10.5. The first kappa shape index (κ1) is 14.9. The smallest absolute Gasteiger partial charge is 0.306 e. The molecule has 1 aromatic rings. The summed E-state index contributed by atoms with van der Waals surface area (Å²) in [6.45, 7) is 0.389. The van der Waals surface area contributed by atoms with E-state index in [1.807, 2.05) is 0 Å². The maximum atomic E-state index is 11.0. The van der Waals surface area contributed by atoms with Crippen molar-refractivity contribution < 1.29 is 19.0 Å². The van der Waals surface area contributed by atoms with E-state index in [-0.39, 0.29) is 5.97 Å². The van der Waals surface area contributed by atoms with Crippen LogP contribution >= 0.6 is 11.8 Å². The van der Waals surface area contributed by atoms with Gasteiger partial charge in [0.2, 0.25) is 5.16 Å². The van der Waals surface area contributed by atoms with Gasteiger partial charge in [0.1, 0.15) is 0 Å². The van der Waals surface area contributed by atoms with E-state index < -0.39 is 6.29 Å². The molecule has 9 heteroatoms. The maximum Gasteiger partial charge on any atom is 0.306 e. The molecule has 0 saturated heterocycles. The van der Waals surface area contributed by atoms with Crippen LogP contribution in [0.4, 0.5) is 0 Å². The van der Waals surface area contributed by atoms with Crippen LogP contribution in [0, 0.1) is 0 Å². The van der Waals surface area contributed by atoms with E-state index in [1.54, 1.807) is 18.9 Å². The lowest BCUT2D eigenvalue weighted by Gasteiger charge is -2.13. The Morgan fingerprint density at radius 2 is 2.11 bits per heavy atom. The number of aromatic nitrogens is 4. The molecule has 0 radical (unpaired) electrons. The van der Waals surface area contributed by atoms with Crippen LogP contribution in [0.3, 0.4) is 0 Å². The molecule has 1 aromatic heterocycles. The van der Waals surface area contributed by atoms with Crippen molar-refractivity contribution in [3.63, 3.8) is 0 Å². The first-order valence-corrected chi connectivity index (χ1v) is 6.21. The molecule has 0 atom stereocenters. The fourth-order valence-corrected chi connectivity index (χ4v) is 1.93. The molecule has 1 heterocycles. The number of tetrazole rings is 1. The van der Waals surface area contributed by atoms with Crippen LogP contribution < -0.4 is 0 Å². The Morgan fingerprint density at radius 3 is 2.72 bits per heavy atom. The third-order valence-electron chi connectivity index (χ3n) is 2.11. The highest BCUT2D eigenvalue weighted by atomic mass is 32.2. The van der Waals surface area contributed by atoms with Crippen molar-refractivity contribution in [1.29, 1.82) is 0 Å². The molecule has 0 N–H and O–H groups in total. The predicted molar refractivity (Wildman–Crippen MR) is 63.0 cm³/mol. The van der Waals surface area contributed by atoms with Gasteiger partial charge < -0.3 is 14.2 Å². The number of carbonyl (C=O) groups excluding carboxylic acids is 1. The van der Waals surface area contributed by atoms with Crippen molar-refractivity contribution in [3.8, 4) is 0 Å². The highest BCUT2D eigenvalue weighted by Gasteiger charge is 2.13. The van der Waals surface area contributed by atoms with Gasteiger partial charge in [-0.05, 0) is 10.4 Å². The number of esters is 1. The molecule has 8 nitrogen and oxygen atoms in total. The van der Waals surface area contributed by atoms with Crippen molar-refractivity contribution in [2.24, 2.45) is 0 Å². The SMILES string of the molecule is COC(=O)CCSc1nnnn1CC(OC)OC. The van der Waals surface area contributed by atoms with Gasteiger partial charge in [0.05, 0.1) is 20.1 Å². The van der Waals surface area contributed by atoms with E-state index in [9.17, 15) is 4.79 Å². The highest BCUT2D eigenvalue weighted by Crippen LogP contribution is 2.15. The van der Waals surface area contributed by atoms with Gasteiger partial charge in [0, 0.05) is 20.0 Å². The summed E-state index contributed by atoms with van der Waals surface area (Å²) in [6, 6.07) is 0. The summed E-state index contributed by atoms with van der Waals surface area (Å²) < 4.78 is 16.2. The van der Waals surface area contributed by atoms with E-state index >= 15 is 0 Å². The Kier molecular flexibility index (Phi) is 6.61. The minimum absolute atomic E-state index is 0.256. The van der Waals surface area contributed by atoms with Gasteiger partial charge in [-0.1, -0.05) is 11.8 Å². The summed E-state index contributed by atoms with van der Waals surface area (Å²) in [5.74, 6) is 0.297. The first-order valence-electron chi connectivity index (χ1n) is 5.22. The molecule has 0 aliphatic heterocycles. The summed E-state index contributed by atoms with van der Waals surface area (Å²) in [7, 11) is 4.45. The third kappa shape index (κ3) is 4.59. The molecule has 0 saturated carbocycles. The van der Waals surface area contributed by atoms with Crippen LogP contribution in [0.25, 0.3) is 0 Å². The van der Waals surface area contributed by atoms with E-state index in [0.29, 0.717) is 23.9 Å². The molecule has 0 aromatic carbocycles. The monoisotopic (exact) mass is 276 g/mol. The number of thioether (sulfide) groups is 1. The minimum Gasteiger partial charge on any atom is -0.469 e. The second-order valence-electron chi connectivity index (χ2n) is 3.22. The summed E-state index contributed by atoms with van der Waals surface area (Å²) in [5, 5.41) is 11.9. The molecule has 0 spiro atoms. The van der Waals surface area contributed by atoms with Crippen molar-refractivity contribution in [1.82, 2.24) is 20.2 Å². The van der Waals surface area contributed by atoms with Gasteiger partial charge >= 0.3 is 5.97 Å². The number of methoxy groups -OCH3 is 3. The molecule has 102 valence electrons. The van der Waals surface area contributed by atoms with Gasteiger partial charge in [-0.15, -0.1) is 5.10 Å². The fourth-order valence-electron chi connectivity index (χ4n) is 1.13. The molecule has 0 amide bonds. The Bertz CT molecular complexity index is 369. The van der Waals surface area contributed by atoms with E-state index in [4.69, 9.17) is 9.47 Å². The normalized spacial score (nSPS) is 10.9. The quantitative estimate of drug-likeness (QED) is 0.371. The standard InChI is InChI=1S/C9H16N4O4S/c1-15-7(14)4-5-18-9-10-11-12-13(9)6-8(16-2)17-3/h8H,4-6H2,1-3H3. The fraction of sp³-hybridized carbons (Fsp3) is 0.778. The van der Waals surface area contributed by atoms with Crippen LogP contribution in [0.1, 0.15) is 6.42 Å². The Balaban J connectivity index is 2.46. The molecule has 1 rings (SSSR count). The van der Waals surface area contributed by atoms with E-state index in [0.717, 1.165) is 0 Å². The molecule has 0 aliphatic rings. The first-order chi connectivity index (χ1) is 8.71. The van der Waals surface area contributed by atoms with Crippen LogP contribution in [-0.4, -0.2) is 59.5 Å². The lowest BCUT2D eigenvalue weighted by Crippen LogP contribution is -2.22. The summed E-state index contributed by atoms with van der Waals surface area (Å²) >= 11 is 1.38. The summed E-state index contributed by atoms with van der Waals surface area (Å²) in [4.78, 5) is 11.0. The molecule has 0 fully saturated rings.